The quantitative estimate of drug-likeness (QED) is 0.515. The fraction of sp³-hybridized carbons (Fsp3) is 0.200. The molecule has 0 saturated carbocycles. The molecule has 0 amide bonds. The third kappa shape index (κ3) is 2.15. The van der Waals surface area contributed by atoms with E-state index in [0.717, 1.165) is 5.57 Å². The number of hydrogen-bond acceptors (Lipinski definition) is 2. The minimum Gasteiger partial charge on any atom is -0.258 e. The van der Waals surface area contributed by atoms with Crippen LogP contribution in [-0.2, 0) is 0 Å². The van der Waals surface area contributed by atoms with Crippen molar-refractivity contribution in [2.24, 2.45) is 0 Å². The molecule has 0 atom stereocenters. The van der Waals surface area contributed by atoms with Crippen molar-refractivity contribution in [3.8, 4) is 0 Å². The van der Waals surface area contributed by atoms with E-state index in [0.29, 0.717) is 5.56 Å². The second-order valence-corrected chi connectivity index (χ2v) is 2.97. The van der Waals surface area contributed by atoms with Crippen molar-refractivity contribution in [1.82, 2.24) is 0 Å². The zero-order valence-electron chi connectivity index (χ0n) is 7.65. The van der Waals surface area contributed by atoms with Gasteiger partial charge in [-0.15, -0.1) is 0 Å². The van der Waals surface area contributed by atoms with Gasteiger partial charge in [0.05, 0.1) is 10.5 Å². The van der Waals surface area contributed by atoms with Crippen molar-refractivity contribution in [1.29, 1.82) is 0 Å². The first-order valence-corrected chi connectivity index (χ1v) is 4.00. The molecule has 3 heteroatoms. The van der Waals surface area contributed by atoms with Crippen LogP contribution in [0.25, 0.3) is 5.70 Å². The molecule has 0 bridgehead atoms. The average Bonchev–Trinajstić information content (AvgIpc) is 2.04. The highest BCUT2D eigenvalue weighted by atomic mass is 16.6. The van der Waals surface area contributed by atoms with Crippen molar-refractivity contribution >= 4 is 5.70 Å². The highest BCUT2D eigenvalue weighted by molar-refractivity contribution is 5.60. The van der Waals surface area contributed by atoms with Crippen LogP contribution in [0.4, 0.5) is 0 Å². The lowest BCUT2D eigenvalue weighted by Crippen LogP contribution is -1.99. The molecule has 0 heterocycles. The number of rotatable bonds is 2. The smallest absolute Gasteiger partial charge is 0.258 e. The normalized spacial score (nSPS) is 9.38. The van der Waals surface area contributed by atoms with E-state index < -0.39 is 0 Å². The summed E-state index contributed by atoms with van der Waals surface area (Å²) in [6.07, 6.45) is 0. The molecule has 3 nitrogen and oxygen atoms in total. The monoisotopic (exact) mass is 177 g/mol. The molecule has 0 unspecified atom stereocenters. The van der Waals surface area contributed by atoms with E-state index in [1.165, 1.54) is 0 Å². The van der Waals surface area contributed by atoms with Gasteiger partial charge in [-0.1, -0.05) is 18.2 Å². The van der Waals surface area contributed by atoms with Gasteiger partial charge in [-0.05, 0) is 26.0 Å². The Hall–Kier alpha value is -1.64. The fourth-order valence-electron chi connectivity index (χ4n) is 1.17. The molecule has 0 aromatic heterocycles. The molecule has 0 aliphatic rings. The van der Waals surface area contributed by atoms with Crippen molar-refractivity contribution < 1.29 is 4.92 Å². The lowest BCUT2D eigenvalue weighted by atomic mass is 10.1. The van der Waals surface area contributed by atoms with Crippen LogP contribution in [0.1, 0.15) is 19.4 Å². The molecule has 0 spiro atoms. The van der Waals surface area contributed by atoms with E-state index in [9.17, 15) is 10.1 Å². The Morgan fingerprint density at radius 3 is 2.15 bits per heavy atom. The summed E-state index contributed by atoms with van der Waals surface area (Å²) in [7, 11) is 0. The number of benzene rings is 1. The Balaban J connectivity index is 3.20. The molecular formula is C10H11NO2. The molecule has 0 aliphatic heterocycles. The fourth-order valence-corrected chi connectivity index (χ4v) is 1.17. The van der Waals surface area contributed by atoms with Gasteiger partial charge >= 0.3 is 0 Å². The molecule has 0 aliphatic carbocycles. The molecule has 0 saturated heterocycles. The van der Waals surface area contributed by atoms with Crippen molar-refractivity contribution in [3.63, 3.8) is 0 Å². The lowest BCUT2D eigenvalue weighted by Gasteiger charge is -1.99. The van der Waals surface area contributed by atoms with Gasteiger partial charge in [-0.2, -0.15) is 0 Å². The molecule has 1 aromatic carbocycles. The molecule has 0 radical (unpaired) electrons. The van der Waals surface area contributed by atoms with Crippen LogP contribution in [0.15, 0.2) is 35.9 Å². The zero-order chi connectivity index (χ0) is 9.84. The van der Waals surface area contributed by atoms with Crippen LogP contribution < -0.4 is 0 Å². The van der Waals surface area contributed by atoms with E-state index in [1.54, 1.807) is 38.1 Å². The van der Waals surface area contributed by atoms with E-state index in [-0.39, 0.29) is 10.6 Å². The Kier molecular flexibility index (Phi) is 2.80. The minimum absolute atomic E-state index is 0.195. The van der Waals surface area contributed by atoms with Gasteiger partial charge in [0.25, 0.3) is 5.70 Å². The van der Waals surface area contributed by atoms with Gasteiger partial charge in [0.15, 0.2) is 0 Å². The van der Waals surface area contributed by atoms with Gasteiger partial charge in [0, 0.05) is 5.57 Å². The van der Waals surface area contributed by atoms with Crippen molar-refractivity contribution in [2.75, 3.05) is 0 Å². The summed E-state index contributed by atoms with van der Waals surface area (Å²) < 4.78 is 0. The first-order chi connectivity index (χ1) is 6.13. The maximum absolute atomic E-state index is 10.7. The van der Waals surface area contributed by atoms with Crippen molar-refractivity contribution in [3.05, 3.63) is 51.6 Å². The summed E-state index contributed by atoms with van der Waals surface area (Å²) in [6, 6.07) is 8.91. The number of allylic oxidation sites excluding steroid dienone is 1. The molecule has 13 heavy (non-hydrogen) atoms. The van der Waals surface area contributed by atoms with Gasteiger partial charge in [-0.3, -0.25) is 10.1 Å². The predicted octanol–water partition coefficient (Wildman–Crippen LogP) is 2.71. The van der Waals surface area contributed by atoms with Crippen LogP contribution >= 0.6 is 0 Å². The maximum atomic E-state index is 10.7. The van der Waals surface area contributed by atoms with Gasteiger partial charge < -0.3 is 0 Å². The summed E-state index contributed by atoms with van der Waals surface area (Å²) in [5.74, 6) is 0. The number of nitrogens with zero attached hydrogens (tertiary/aromatic N) is 1. The molecule has 0 N–H and O–H groups in total. The van der Waals surface area contributed by atoms with Gasteiger partial charge in [-0.25, -0.2) is 0 Å². The zero-order valence-corrected chi connectivity index (χ0v) is 7.65. The van der Waals surface area contributed by atoms with E-state index in [2.05, 4.69) is 0 Å². The third-order valence-electron chi connectivity index (χ3n) is 1.70. The second kappa shape index (κ2) is 3.85. The van der Waals surface area contributed by atoms with Crippen molar-refractivity contribution in [2.45, 2.75) is 13.8 Å². The SMILES string of the molecule is CC(C)=C(c1ccccc1)[N+](=O)[O-]. The largest absolute Gasteiger partial charge is 0.275 e. The van der Waals surface area contributed by atoms with Gasteiger partial charge in [0.1, 0.15) is 0 Å². The van der Waals surface area contributed by atoms with E-state index >= 15 is 0 Å². The lowest BCUT2D eigenvalue weighted by molar-refractivity contribution is -0.376. The van der Waals surface area contributed by atoms with Crippen LogP contribution in [0.3, 0.4) is 0 Å². The maximum Gasteiger partial charge on any atom is 0.275 e. The molecule has 1 aromatic rings. The van der Waals surface area contributed by atoms with E-state index in [4.69, 9.17) is 0 Å². The molecular weight excluding hydrogens is 166 g/mol. The summed E-state index contributed by atoms with van der Waals surface area (Å²) in [5, 5.41) is 10.7. The first kappa shape index (κ1) is 9.45. The summed E-state index contributed by atoms with van der Waals surface area (Å²) >= 11 is 0. The molecule has 0 fully saturated rings. The Labute approximate surface area is 76.9 Å². The van der Waals surface area contributed by atoms with Crippen LogP contribution in [-0.4, -0.2) is 4.92 Å². The van der Waals surface area contributed by atoms with E-state index in [1.807, 2.05) is 6.07 Å². The highest BCUT2D eigenvalue weighted by Gasteiger charge is 2.14. The van der Waals surface area contributed by atoms with Crippen LogP contribution in [0, 0.1) is 10.1 Å². The topological polar surface area (TPSA) is 43.1 Å². The number of hydrogen-bond donors (Lipinski definition) is 0. The molecule has 68 valence electrons. The van der Waals surface area contributed by atoms with Crippen LogP contribution in [0.5, 0.6) is 0 Å². The molecule has 1 rings (SSSR count). The minimum atomic E-state index is -0.343. The third-order valence-corrected chi connectivity index (χ3v) is 1.70. The second-order valence-electron chi connectivity index (χ2n) is 2.97. The average molecular weight is 177 g/mol. The Morgan fingerprint density at radius 1 is 1.23 bits per heavy atom. The van der Waals surface area contributed by atoms with Gasteiger partial charge in [0.2, 0.25) is 0 Å². The summed E-state index contributed by atoms with van der Waals surface area (Å²) in [4.78, 5) is 10.3. The summed E-state index contributed by atoms with van der Waals surface area (Å²) in [6.45, 7) is 3.48. The Bertz CT molecular complexity index is 337. The standard InChI is InChI=1S/C10H11NO2/c1-8(2)10(11(12)13)9-6-4-3-5-7-9/h3-7H,1-2H3. The first-order valence-electron chi connectivity index (χ1n) is 4.00. The Morgan fingerprint density at radius 2 is 1.77 bits per heavy atom. The highest BCUT2D eigenvalue weighted by Crippen LogP contribution is 2.18. The van der Waals surface area contributed by atoms with Crippen LogP contribution in [0.2, 0.25) is 0 Å². The summed E-state index contributed by atoms with van der Waals surface area (Å²) in [5.41, 5.74) is 1.57. The number of nitro groups is 1. The predicted molar refractivity (Wildman–Crippen MR) is 51.7 cm³/mol.